The Balaban J connectivity index is 2.37. The van der Waals surface area contributed by atoms with Gasteiger partial charge in [0.2, 0.25) is 5.90 Å². The van der Waals surface area contributed by atoms with Crippen molar-refractivity contribution in [3.63, 3.8) is 0 Å². The van der Waals surface area contributed by atoms with Gasteiger partial charge in [0.25, 0.3) is 0 Å². The van der Waals surface area contributed by atoms with Crippen LogP contribution in [0.3, 0.4) is 0 Å². The molecule has 0 saturated carbocycles. The Morgan fingerprint density at radius 3 is 2.58 bits per heavy atom. The Labute approximate surface area is 157 Å². The third-order valence-corrected chi connectivity index (χ3v) is 4.12. The SMILES string of the molecule is CNC(=O)N=C(OC)c1cc(Oc2ccc(Cl)cc2Cl)ccc1Br. The molecule has 2 aromatic carbocycles. The molecule has 0 saturated heterocycles. The highest BCUT2D eigenvalue weighted by atomic mass is 79.9. The number of amides is 2. The first-order valence-electron chi connectivity index (χ1n) is 6.71. The molecule has 2 amide bonds. The number of aliphatic imine (C=N–C) groups is 1. The topological polar surface area (TPSA) is 59.9 Å². The summed E-state index contributed by atoms with van der Waals surface area (Å²) in [6, 6.07) is 9.59. The summed E-state index contributed by atoms with van der Waals surface area (Å²) in [5.41, 5.74) is 0.559. The van der Waals surface area contributed by atoms with Crippen LogP contribution < -0.4 is 10.1 Å². The molecule has 0 aliphatic carbocycles. The van der Waals surface area contributed by atoms with Crippen molar-refractivity contribution in [3.8, 4) is 11.5 Å². The van der Waals surface area contributed by atoms with Gasteiger partial charge < -0.3 is 14.8 Å². The minimum Gasteiger partial charge on any atom is -0.480 e. The van der Waals surface area contributed by atoms with Gasteiger partial charge in [-0.2, -0.15) is 4.99 Å². The quantitative estimate of drug-likeness (QED) is 0.531. The second kappa shape index (κ2) is 8.37. The van der Waals surface area contributed by atoms with Crippen LogP contribution in [-0.2, 0) is 4.74 Å². The van der Waals surface area contributed by atoms with Gasteiger partial charge in [0.1, 0.15) is 11.5 Å². The lowest BCUT2D eigenvalue weighted by molar-refractivity contribution is 0.250. The zero-order chi connectivity index (χ0) is 17.7. The first kappa shape index (κ1) is 18.6. The number of benzene rings is 2. The number of hydrogen-bond donors (Lipinski definition) is 1. The molecule has 0 fully saturated rings. The standard InChI is InChI=1S/C16H13BrCl2N2O3/c1-20-16(22)21-15(23-2)11-8-10(4-5-12(11)17)24-14-6-3-9(18)7-13(14)19/h3-8H,1-2H3,(H,20,22). The zero-order valence-electron chi connectivity index (χ0n) is 12.8. The van der Waals surface area contributed by atoms with Crippen molar-refractivity contribution < 1.29 is 14.3 Å². The van der Waals surface area contributed by atoms with Gasteiger partial charge in [-0.25, -0.2) is 4.79 Å². The summed E-state index contributed by atoms with van der Waals surface area (Å²) in [6.45, 7) is 0. The van der Waals surface area contributed by atoms with Crippen LogP contribution in [0.5, 0.6) is 11.5 Å². The Morgan fingerprint density at radius 1 is 1.21 bits per heavy atom. The number of halogens is 3. The summed E-state index contributed by atoms with van der Waals surface area (Å²) >= 11 is 15.4. The predicted octanol–water partition coefficient (Wildman–Crippen LogP) is 5.28. The van der Waals surface area contributed by atoms with Crippen LogP contribution in [0.2, 0.25) is 10.0 Å². The third kappa shape index (κ3) is 4.63. The second-order valence-electron chi connectivity index (χ2n) is 4.49. The summed E-state index contributed by atoms with van der Waals surface area (Å²) in [5, 5.41) is 3.31. The number of ether oxygens (including phenoxy) is 2. The molecule has 0 radical (unpaired) electrons. The smallest absolute Gasteiger partial charge is 0.343 e. The molecule has 0 unspecified atom stereocenters. The number of carbonyl (C=O) groups excluding carboxylic acids is 1. The van der Waals surface area contributed by atoms with E-state index in [1.165, 1.54) is 14.2 Å². The molecule has 0 atom stereocenters. The molecule has 8 heteroatoms. The fourth-order valence-corrected chi connectivity index (χ4v) is 2.64. The molecule has 2 rings (SSSR count). The molecule has 126 valence electrons. The van der Waals surface area contributed by atoms with Gasteiger partial charge in [0.15, 0.2) is 0 Å². The van der Waals surface area contributed by atoms with Crippen molar-refractivity contribution in [1.29, 1.82) is 0 Å². The monoisotopic (exact) mass is 430 g/mol. The van der Waals surface area contributed by atoms with E-state index in [1.807, 2.05) is 0 Å². The average molecular weight is 432 g/mol. The maximum Gasteiger partial charge on any atom is 0.343 e. The molecule has 5 nitrogen and oxygen atoms in total. The molecule has 0 bridgehead atoms. The second-order valence-corrected chi connectivity index (χ2v) is 6.19. The van der Waals surface area contributed by atoms with E-state index in [1.54, 1.807) is 36.4 Å². The molecule has 2 aromatic rings. The highest BCUT2D eigenvalue weighted by molar-refractivity contribution is 9.10. The van der Waals surface area contributed by atoms with Gasteiger partial charge in [-0.1, -0.05) is 23.2 Å². The maximum absolute atomic E-state index is 11.5. The first-order chi connectivity index (χ1) is 11.4. The van der Waals surface area contributed by atoms with Crippen LogP contribution in [0.15, 0.2) is 45.9 Å². The van der Waals surface area contributed by atoms with Crippen LogP contribution >= 0.6 is 39.1 Å². The molecular weight excluding hydrogens is 419 g/mol. The lowest BCUT2D eigenvalue weighted by atomic mass is 10.2. The van der Waals surface area contributed by atoms with Gasteiger partial charge in [-0.3, -0.25) is 0 Å². The van der Waals surface area contributed by atoms with Gasteiger partial charge in [0.05, 0.1) is 17.7 Å². The molecular formula is C16H13BrCl2N2O3. The van der Waals surface area contributed by atoms with Crippen molar-refractivity contribution in [1.82, 2.24) is 5.32 Å². The van der Waals surface area contributed by atoms with E-state index < -0.39 is 6.03 Å². The largest absolute Gasteiger partial charge is 0.480 e. The normalized spacial score (nSPS) is 11.1. The number of nitrogens with zero attached hydrogens (tertiary/aromatic N) is 1. The highest BCUT2D eigenvalue weighted by Gasteiger charge is 2.13. The van der Waals surface area contributed by atoms with E-state index in [0.717, 1.165) is 0 Å². The third-order valence-electron chi connectivity index (χ3n) is 2.90. The van der Waals surface area contributed by atoms with Crippen molar-refractivity contribution in [2.75, 3.05) is 14.2 Å². The van der Waals surface area contributed by atoms with Crippen molar-refractivity contribution >= 4 is 51.1 Å². The van der Waals surface area contributed by atoms with Crippen molar-refractivity contribution in [3.05, 3.63) is 56.5 Å². The number of methoxy groups -OCH3 is 1. The first-order valence-corrected chi connectivity index (χ1v) is 8.26. The highest BCUT2D eigenvalue weighted by Crippen LogP contribution is 2.33. The van der Waals surface area contributed by atoms with Crippen LogP contribution in [0.1, 0.15) is 5.56 Å². The van der Waals surface area contributed by atoms with Crippen LogP contribution in [-0.4, -0.2) is 26.1 Å². The number of carbonyl (C=O) groups is 1. The molecule has 0 spiro atoms. The van der Waals surface area contributed by atoms with E-state index in [0.29, 0.717) is 31.6 Å². The molecule has 24 heavy (non-hydrogen) atoms. The van der Waals surface area contributed by atoms with Gasteiger partial charge in [0, 0.05) is 16.5 Å². The Bertz CT molecular complexity index is 797. The van der Waals surface area contributed by atoms with Crippen LogP contribution in [0.4, 0.5) is 4.79 Å². The summed E-state index contributed by atoms with van der Waals surface area (Å²) in [5.74, 6) is 1.10. The predicted molar refractivity (Wildman–Crippen MR) is 98.7 cm³/mol. The molecule has 0 heterocycles. The zero-order valence-corrected chi connectivity index (χ0v) is 15.9. The summed E-state index contributed by atoms with van der Waals surface area (Å²) in [7, 11) is 2.91. The fourth-order valence-electron chi connectivity index (χ4n) is 1.78. The van der Waals surface area contributed by atoms with Crippen LogP contribution in [0, 0.1) is 0 Å². The summed E-state index contributed by atoms with van der Waals surface area (Å²) in [6.07, 6.45) is 0. The number of urea groups is 1. The molecule has 0 aliphatic rings. The van der Waals surface area contributed by atoms with E-state index in [-0.39, 0.29) is 5.90 Å². The van der Waals surface area contributed by atoms with Crippen molar-refractivity contribution in [2.24, 2.45) is 4.99 Å². The van der Waals surface area contributed by atoms with E-state index in [9.17, 15) is 4.79 Å². The summed E-state index contributed by atoms with van der Waals surface area (Å²) in [4.78, 5) is 15.3. The van der Waals surface area contributed by atoms with E-state index >= 15 is 0 Å². The van der Waals surface area contributed by atoms with Gasteiger partial charge >= 0.3 is 6.03 Å². The number of hydrogen-bond acceptors (Lipinski definition) is 3. The lowest BCUT2D eigenvalue weighted by Gasteiger charge is -2.11. The number of nitrogens with one attached hydrogen (secondary N) is 1. The molecule has 0 aliphatic heterocycles. The fraction of sp³-hybridized carbons (Fsp3) is 0.125. The minimum atomic E-state index is -0.522. The molecule has 1 N–H and O–H groups in total. The molecule has 0 aromatic heterocycles. The maximum atomic E-state index is 11.5. The average Bonchev–Trinajstić information content (AvgIpc) is 2.56. The summed E-state index contributed by atoms with van der Waals surface area (Å²) < 4.78 is 11.7. The van der Waals surface area contributed by atoms with Gasteiger partial charge in [-0.05, 0) is 52.3 Å². The van der Waals surface area contributed by atoms with Gasteiger partial charge in [-0.15, -0.1) is 0 Å². The lowest BCUT2D eigenvalue weighted by Crippen LogP contribution is -2.17. The Hall–Kier alpha value is -1.76. The Morgan fingerprint density at radius 2 is 1.96 bits per heavy atom. The van der Waals surface area contributed by atoms with E-state index in [4.69, 9.17) is 32.7 Å². The van der Waals surface area contributed by atoms with Crippen LogP contribution in [0.25, 0.3) is 0 Å². The van der Waals surface area contributed by atoms with E-state index in [2.05, 4.69) is 26.2 Å². The number of rotatable bonds is 3. The minimum absolute atomic E-state index is 0.147. The Kier molecular flexibility index (Phi) is 6.48. The van der Waals surface area contributed by atoms with Crippen molar-refractivity contribution in [2.45, 2.75) is 0 Å².